The summed E-state index contributed by atoms with van der Waals surface area (Å²) in [5.74, 6) is -0.0891. The second-order valence-electron chi connectivity index (χ2n) is 5.86. The molecule has 2 aromatic carbocycles. The second kappa shape index (κ2) is 5.32. The Balaban J connectivity index is 1.86. The number of anilines is 1. The van der Waals surface area contributed by atoms with Gasteiger partial charge in [0.05, 0.1) is 10.6 Å². The van der Waals surface area contributed by atoms with E-state index in [9.17, 15) is 9.90 Å². The number of phenolic OH excluding ortho intramolecular Hbond substituents is 1. The van der Waals surface area contributed by atoms with E-state index in [2.05, 4.69) is 5.32 Å². The van der Waals surface area contributed by atoms with Crippen LogP contribution in [0.1, 0.15) is 34.9 Å². The molecule has 1 atom stereocenters. The topological polar surface area (TPSA) is 52.6 Å². The van der Waals surface area contributed by atoms with Crippen molar-refractivity contribution in [3.05, 3.63) is 57.6 Å². The number of benzene rings is 2. The van der Waals surface area contributed by atoms with Crippen molar-refractivity contribution in [3.63, 3.8) is 0 Å². The first-order valence-corrected chi connectivity index (χ1v) is 8.18. The Morgan fingerprint density at radius 2 is 1.91 bits per heavy atom. The molecule has 0 unspecified atom stereocenters. The molecule has 1 heterocycles. The van der Waals surface area contributed by atoms with Gasteiger partial charge >= 0.3 is 0 Å². The largest absolute Gasteiger partial charge is 0.506 e. The fourth-order valence-electron chi connectivity index (χ4n) is 3.02. The lowest BCUT2D eigenvalue weighted by atomic mass is 10.0. The van der Waals surface area contributed by atoms with E-state index in [0.29, 0.717) is 16.1 Å². The van der Waals surface area contributed by atoms with E-state index in [1.807, 2.05) is 18.2 Å². The molecule has 23 heavy (non-hydrogen) atoms. The van der Waals surface area contributed by atoms with Crippen LogP contribution < -0.4 is 5.32 Å². The molecule has 4 nitrogen and oxygen atoms in total. The minimum absolute atomic E-state index is 0.0395. The van der Waals surface area contributed by atoms with Gasteiger partial charge in [-0.15, -0.1) is 0 Å². The van der Waals surface area contributed by atoms with Crippen molar-refractivity contribution in [2.45, 2.75) is 25.0 Å². The molecule has 1 aliphatic carbocycles. The fourth-order valence-corrected chi connectivity index (χ4v) is 3.53. The van der Waals surface area contributed by atoms with Gasteiger partial charge in [0.25, 0.3) is 5.91 Å². The Morgan fingerprint density at radius 3 is 2.65 bits per heavy atom. The monoisotopic (exact) mass is 348 g/mol. The van der Waals surface area contributed by atoms with Crippen LogP contribution in [-0.2, 0) is 0 Å². The van der Waals surface area contributed by atoms with Gasteiger partial charge < -0.3 is 15.3 Å². The van der Waals surface area contributed by atoms with Gasteiger partial charge in [-0.25, -0.2) is 0 Å². The first kappa shape index (κ1) is 14.7. The van der Waals surface area contributed by atoms with Crippen molar-refractivity contribution in [2.24, 2.45) is 0 Å². The van der Waals surface area contributed by atoms with Crippen LogP contribution in [0.4, 0.5) is 5.69 Å². The molecule has 1 saturated carbocycles. The van der Waals surface area contributed by atoms with Crippen molar-refractivity contribution in [1.29, 1.82) is 0 Å². The summed E-state index contributed by atoms with van der Waals surface area (Å²) in [6, 6.07) is 10.7. The minimum Gasteiger partial charge on any atom is -0.506 e. The number of aromatic hydroxyl groups is 1. The summed E-state index contributed by atoms with van der Waals surface area (Å²) in [6.07, 6.45) is 1.43. The maximum absolute atomic E-state index is 12.9. The molecule has 0 aromatic heterocycles. The van der Waals surface area contributed by atoms with Crippen molar-refractivity contribution in [3.8, 4) is 5.75 Å². The van der Waals surface area contributed by atoms with Crippen LogP contribution in [0.15, 0.2) is 36.4 Å². The predicted molar refractivity (Wildman–Crippen MR) is 90.1 cm³/mol. The zero-order valence-corrected chi connectivity index (χ0v) is 13.6. The molecule has 1 aliphatic heterocycles. The summed E-state index contributed by atoms with van der Waals surface area (Å²) in [4.78, 5) is 14.7. The molecule has 1 fully saturated rings. The number of amides is 1. The summed E-state index contributed by atoms with van der Waals surface area (Å²) in [5, 5.41) is 14.3. The van der Waals surface area contributed by atoms with E-state index in [1.54, 1.807) is 17.0 Å². The Morgan fingerprint density at radius 1 is 1.17 bits per heavy atom. The van der Waals surface area contributed by atoms with Gasteiger partial charge in [-0.3, -0.25) is 4.79 Å². The molecule has 2 N–H and O–H groups in total. The molecule has 1 amide bonds. The Hall–Kier alpha value is -1.91. The number of para-hydroxylation sites is 1. The quantitative estimate of drug-likeness (QED) is 0.843. The Kier molecular flexibility index (Phi) is 3.39. The zero-order valence-electron chi connectivity index (χ0n) is 12.1. The van der Waals surface area contributed by atoms with Crippen molar-refractivity contribution >= 4 is 34.8 Å². The van der Waals surface area contributed by atoms with E-state index in [4.69, 9.17) is 23.2 Å². The number of nitrogens with zero attached hydrogens (tertiary/aromatic N) is 1. The molecule has 0 spiro atoms. The Labute approximate surface area is 143 Å². The third-order valence-corrected chi connectivity index (χ3v) is 4.76. The number of hydrogen-bond acceptors (Lipinski definition) is 3. The molecule has 118 valence electrons. The maximum atomic E-state index is 12.9. The molecule has 2 aromatic rings. The normalized spacial score (nSPS) is 20.2. The average molecular weight is 349 g/mol. The van der Waals surface area contributed by atoms with Gasteiger partial charge in [0.15, 0.2) is 0 Å². The van der Waals surface area contributed by atoms with Crippen LogP contribution in [-0.4, -0.2) is 22.0 Å². The third-order valence-electron chi connectivity index (χ3n) is 4.25. The fraction of sp³-hybridized carbons (Fsp3) is 0.235. The highest BCUT2D eigenvalue weighted by atomic mass is 35.5. The van der Waals surface area contributed by atoms with E-state index < -0.39 is 6.17 Å². The number of phenols is 1. The maximum Gasteiger partial charge on any atom is 0.258 e. The molecule has 0 saturated heterocycles. The van der Waals surface area contributed by atoms with Gasteiger partial charge in [-0.2, -0.15) is 0 Å². The minimum atomic E-state index is -0.485. The zero-order chi connectivity index (χ0) is 16.1. The van der Waals surface area contributed by atoms with Gasteiger partial charge in [-0.05, 0) is 37.1 Å². The molecule has 0 bridgehead atoms. The number of hydrogen-bond donors (Lipinski definition) is 2. The second-order valence-corrected chi connectivity index (χ2v) is 6.71. The average Bonchev–Trinajstić information content (AvgIpc) is 3.35. The highest BCUT2D eigenvalue weighted by Gasteiger charge is 2.43. The standard InChI is InChI=1S/C17H14Cl2N2O2/c18-9-7-12(15(22)13(19)8-9)16-20-14-4-2-1-3-11(14)17(23)21(16)10-5-6-10/h1-4,7-8,10,16,20,22H,5-6H2/t16-/m0/s1. The highest BCUT2D eigenvalue weighted by Crippen LogP contribution is 2.44. The van der Waals surface area contributed by atoms with Gasteiger partial charge in [0.2, 0.25) is 0 Å². The van der Waals surface area contributed by atoms with E-state index in [-0.39, 0.29) is 22.7 Å². The number of nitrogens with one attached hydrogen (secondary N) is 1. The molecular formula is C17H14Cl2N2O2. The highest BCUT2D eigenvalue weighted by molar-refractivity contribution is 6.35. The van der Waals surface area contributed by atoms with E-state index >= 15 is 0 Å². The van der Waals surface area contributed by atoms with Crippen LogP contribution in [0, 0.1) is 0 Å². The van der Waals surface area contributed by atoms with Crippen LogP contribution in [0.5, 0.6) is 5.75 Å². The first-order valence-electron chi connectivity index (χ1n) is 7.42. The lowest BCUT2D eigenvalue weighted by Crippen LogP contribution is -2.44. The van der Waals surface area contributed by atoms with Gasteiger partial charge in [0, 0.05) is 22.3 Å². The SMILES string of the molecule is O=C1c2ccccc2N[C@H](c2cc(Cl)cc(Cl)c2O)N1C1CC1. The smallest absolute Gasteiger partial charge is 0.258 e. The van der Waals surface area contributed by atoms with E-state index in [0.717, 1.165) is 18.5 Å². The Bertz CT molecular complexity index is 805. The van der Waals surface area contributed by atoms with Gasteiger partial charge in [-0.1, -0.05) is 35.3 Å². The number of carbonyl (C=O) groups excluding carboxylic acids is 1. The lowest BCUT2D eigenvalue weighted by molar-refractivity contribution is 0.0664. The predicted octanol–water partition coefficient (Wildman–Crippen LogP) is 4.43. The summed E-state index contributed by atoms with van der Waals surface area (Å²) in [6.45, 7) is 0. The van der Waals surface area contributed by atoms with Crippen molar-refractivity contribution < 1.29 is 9.90 Å². The van der Waals surface area contributed by atoms with Gasteiger partial charge in [0.1, 0.15) is 11.9 Å². The van der Waals surface area contributed by atoms with Crippen LogP contribution in [0.3, 0.4) is 0 Å². The molecular weight excluding hydrogens is 335 g/mol. The van der Waals surface area contributed by atoms with Crippen molar-refractivity contribution in [1.82, 2.24) is 4.90 Å². The number of halogens is 2. The van der Waals surface area contributed by atoms with E-state index in [1.165, 1.54) is 6.07 Å². The first-order chi connectivity index (χ1) is 11.1. The summed E-state index contributed by atoms with van der Waals surface area (Å²) < 4.78 is 0. The van der Waals surface area contributed by atoms with Crippen molar-refractivity contribution in [2.75, 3.05) is 5.32 Å². The molecule has 4 rings (SSSR count). The molecule has 6 heteroatoms. The van der Waals surface area contributed by atoms with Crippen LogP contribution >= 0.6 is 23.2 Å². The summed E-state index contributed by atoms with van der Waals surface area (Å²) in [5.41, 5.74) is 1.90. The van der Waals surface area contributed by atoms with Crippen LogP contribution in [0.25, 0.3) is 0 Å². The number of carbonyl (C=O) groups is 1. The molecule has 0 radical (unpaired) electrons. The number of fused-ring (bicyclic) bond motifs is 1. The molecule has 2 aliphatic rings. The lowest BCUT2D eigenvalue weighted by Gasteiger charge is -2.38. The van der Waals surface area contributed by atoms with Crippen LogP contribution in [0.2, 0.25) is 10.0 Å². The summed E-state index contributed by atoms with van der Waals surface area (Å²) in [7, 11) is 0. The summed E-state index contributed by atoms with van der Waals surface area (Å²) >= 11 is 12.1. The third kappa shape index (κ3) is 2.42. The number of rotatable bonds is 2.